The molecule has 0 saturated heterocycles. The lowest BCUT2D eigenvalue weighted by molar-refractivity contribution is -0.173. The van der Waals surface area contributed by atoms with Crippen molar-refractivity contribution >= 4 is 0 Å². The van der Waals surface area contributed by atoms with Gasteiger partial charge in [-0.1, -0.05) is 13.8 Å². The molecule has 0 aromatic carbocycles. The molecule has 0 fully saturated rings. The number of aromatic nitrogens is 2. The van der Waals surface area contributed by atoms with E-state index in [1.54, 1.807) is 0 Å². The minimum absolute atomic E-state index is 0.0210. The Labute approximate surface area is 115 Å². The Kier molecular flexibility index (Phi) is 6.94. The highest BCUT2D eigenvalue weighted by Crippen LogP contribution is 2.16. The van der Waals surface area contributed by atoms with Crippen LogP contribution in [0.3, 0.4) is 0 Å². The molecular formula is C12H20F3N3O2. The van der Waals surface area contributed by atoms with Crippen molar-refractivity contribution in [2.24, 2.45) is 0 Å². The van der Waals surface area contributed by atoms with Gasteiger partial charge in [-0.15, -0.1) is 10.2 Å². The van der Waals surface area contributed by atoms with E-state index in [4.69, 9.17) is 4.42 Å². The van der Waals surface area contributed by atoms with Crippen LogP contribution < -0.4 is 5.32 Å². The standard InChI is InChI=1S/C12H20F3N3O2/c1-3-6-16-9(4-2)11-18-17-10(20-11)5-7-19-8-12(13,14)15/h9,16H,3-8H2,1-2H3. The van der Waals surface area contributed by atoms with E-state index in [-0.39, 0.29) is 19.1 Å². The van der Waals surface area contributed by atoms with E-state index >= 15 is 0 Å². The second-order valence-electron chi connectivity index (χ2n) is 4.37. The van der Waals surface area contributed by atoms with Crippen LogP contribution in [0.5, 0.6) is 0 Å². The molecule has 1 aromatic heterocycles. The maximum Gasteiger partial charge on any atom is 0.411 e. The Bertz CT molecular complexity index is 382. The van der Waals surface area contributed by atoms with Crippen LogP contribution in [-0.4, -0.2) is 36.1 Å². The van der Waals surface area contributed by atoms with Gasteiger partial charge < -0.3 is 14.5 Å². The van der Waals surface area contributed by atoms with Crippen LogP contribution in [-0.2, 0) is 11.2 Å². The first-order valence-electron chi connectivity index (χ1n) is 6.66. The molecule has 116 valence electrons. The average Bonchev–Trinajstić information content (AvgIpc) is 2.83. The summed E-state index contributed by atoms with van der Waals surface area (Å²) in [4.78, 5) is 0. The molecule has 0 bridgehead atoms. The molecule has 8 heteroatoms. The van der Waals surface area contributed by atoms with Gasteiger partial charge in [-0.25, -0.2) is 0 Å². The van der Waals surface area contributed by atoms with Crippen LogP contribution in [0.25, 0.3) is 0 Å². The summed E-state index contributed by atoms with van der Waals surface area (Å²) >= 11 is 0. The van der Waals surface area contributed by atoms with Gasteiger partial charge in [-0.05, 0) is 19.4 Å². The lowest BCUT2D eigenvalue weighted by atomic mass is 10.2. The van der Waals surface area contributed by atoms with Gasteiger partial charge in [0.1, 0.15) is 6.61 Å². The van der Waals surface area contributed by atoms with E-state index in [1.807, 2.05) is 6.92 Å². The zero-order valence-corrected chi connectivity index (χ0v) is 11.7. The zero-order chi connectivity index (χ0) is 15.0. The third-order valence-electron chi connectivity index (χ3n) is 2.56. The summed E-state index contributed by atoms with van der Waals surface area (Å²) in [6.45, 7) is 3.52. The van der Waals surface area contributed by atoms with Crippen molar-refractivity contribution in [3.8, 4) is 0 Å². The maximum absolute atomic E-state index is 11.9. The molecule has 0 amide bonds. The van der Waals surface area contributed by atoms with E-state index in [0.717, 1.165) is 19.4 Å². The Balaban J connectivity index is 2.38. The lowest BCUT2D eigenvalue weighted by Gasteiger charge is -2.11. The highest BCUT2D eigenvalue weighted by Gasteiger charge is 2.27. The van der Waals surface area contributed by atoms with Crippen LogP contribution in [0.15, 0.2) is 4.42 Å². The minimum atomic E-state index is -4.31. The van der Waals surface area contributed by atoms with Crippen molar-refractivity contribution in [1.82, 2.24) is 15.5 Å². The maximum atomic E-state index is 11.9. The number of ether oxygens (including phenoxy) is 1. The molecule has 5 nitrogen and oxygen atoms in total. The van der Waals surface area contributed by atoms with E-state index in [9.17, 15) is 13.2 Å². The highest BCUT2D eigenvalue weighted by atomic mass is 19.4. The third kappa shape index (κ3) is 6.33. The molecule has 20 heavy (non-hydrogen) atoms. The largest absolute Gasteiger partial charge is 0.423 e. The summed E-state index contributed by atoms with van der Waals surface area (Å²) in [5.74, 6) is 0.755. The molecule has 0 spiro atoms. The Morgan fingerprint density at radius 1 is 1.30 bits per heavy atom. The summed E-state index contributed by atoms with van der Waals surface area (Å²) in [5.41, 5.74) is 0. The highest BCUT2D eigenvalue weighted by molar-refractivity contribution is 4.89. The molecule has 0 aliphatic carbocycles. The van der Waals surface area contributed by atoms with Crippen LogP contribution in [0, 0.1) is 0 Å². The number of alkyl halides is 3. The molecule has 0 saturated carbocycles. The van der Waals surface area contributed by atoms with Crippen molar-refractivity contribution in [2.45, 2.75) is 45.3 Å². The van der Waals surface area contributed by atoms with E-state index in [2.05, 4.69) is 27.2 Å². The van der Waals surface area contributed by atoms with Crippen molar-refractivity contribution in [1.29, 1.82) is 0 Å². The Morgan fingerprint density at radius 2 is 2.05 bits per heavy atom. The molecule has 0 aliphatic rings. The molecule has 1 aromatic rings. The Hall–Kier alpha value is -1.15. The fourth-order valence-electron chi connectivity index (χ4n) is 1.58. The topological polar surface area (TPSA) is 60.2 Å². The summed E-state index contributed by atoms with van der Waals surface area (Å²) in [6, 6.07) is -0.0210. The van der Waals surface area contributed by atoms with Gasteiger partial charge in [0.2, 0.25) is 11.8 Å². The van der Waals surface area contributed by atoms with Gasteiger partial charge in [-0.2, -0.15) is 13.2 Å². The molecule has 1 rings (SSSR count). The predicted molar refractivity (Wildman–Crippen MR) is 66.2 cm³/mol. The van der Waals surface area contributed by atoms with Crippen LogP contribution in [0.2, 0.25) is 0 Å². The fourth-order valence-corrected chi connectivity index (χ4v) is 1.58. The van der Waals surface area contributed by atoms with Gasteiger partial charge >= 0.3 is 6.18 Å². The smallest absolute Gasteiger partial charge is 0.411 e. The van der Waals surface area contributed by atoms with Gasteiger partial charge in [0.15, 0.2) is 0 Å². The molecule has 0 radical (unpaired) electrons. The fraction of sp³-hybridized carbons (Fsp3) is 0.833. The SMILES string of the molecule is CCCNC(CC)c1nnc(CCOCC(F)(F)F)o1. The summed E-state index contributed by atoms with van der Waals surface area (Å²) in [6.07, 6.45) is -2.35. The number of halogens is 3. The monoisotopic (exact) mass is 295 g/mol. The Morgan fingerprint density at radius 3 is 2.65 bits per heavy atom. The van der Waals surface area contributed by atoms with Gasteiger partial charge in [0.25, 0.3) is 0 Å². The number of hydrogen-bond acceptors (Lipinski definition) is 5. The quantitative estimate of drug-likeness (QED) is 0.710. The zero-order valence-electron chi connectivity index (χ0n) is 11.7. The van der Waals surface area contributed by atoms with E-state index in [0.29, 0.717) is 11.8 Å². The van der Waals surface area contributed by atoms with Crippen LogP contribution in [0.4, 0.5) is 13.2 Å². The van der Waals surface area contributed by atoms with Crippen molar-refractivity contribution < 1.29 is 22.3 Å². The second-order valence-corrected chi connectivity index (χ2v) is 4.37. The number of hydrogen-bond donors (Lipinski definition) is 1. The molecule has 1 N–H and O–H groups in total. The first-order valence-corrected chi connectivity index (χ1v) is 6.66. The minimum Gasteiger partial charge on any atom is -0.423 e. The van der Waals surface area contributed by atoms with E-state index < -0.39 is 12.8 Å². The van der Waals surface area contributed by atoms with Crippen molar-refractivity contribution in [3.05, 3.63) is 11.8 Å². The molecular weight excluding hydrogens is 275 g/mol. The van der Waals surface area contributed by atoms with E-state index in [1.165, 1.54) is 0 Å². The average molecular weight is 295 g/mol. The number of rotatable bonds is 9. The van der Waals surface area contributed by atoms with Gasteiger partial charge in [0, 0.05) is 6.42 Å². The third-order valence-corrected chi connectivity index (χ3v) is 2.56. The van der Waals surface area contributed by atoms with Gasteiger partial charge in [-0.3, -0.25) is 0 Å². The second kappa shape index (κ2) is 8.21. The number of nitrogens with one attached hydrogen (secondary N) is 1. The summed E-state index contributed by atoms with van der Waals surface area (Å²) in [5, 5.41) is 11.0. The first kappa shape index (κ1) is 16.9. The molecule has 1 heterocycles. The normalized spacial score (nSPS) is 13.7. The summed E-state index contributed by atoms with van der Waals surface area (Å²) in [7, 11) is 0. The van der Waals surface area contributed by atoms with Crippen LogP contribution >= 0.6 is 0 Å². The summed E-state index contributed by atoms with van der Waals surface area (Å²) < 4.78 is 45.5. The van der Waals surface area contributed by atoms with Gasteiger partial charge in [0.05, 0.1) is 12.6 Å². The van der Waals surface area contributed by atoms with Crippen molar-refractivity contribution in [2.75, 3.05) is 19.8 Å². The van der Waals surface area contributed by atoms with Crippen LogP contribution in [0.1, 0.15) is 44.5 Å². The molecule has 1 atom stereocenters. The predicted octanol–water partition coefficient (Wildman–Crippen LogP) is 2.64. The molecule has 0 aliphatic heterocycles. The lowest BCUT2D eigenvalue weighted by Crippen LogP contribution is -2.21. The number of nitrogens with zero attached hydrogens (tertiary/aromatic N) is 2. The first-order chi connectivity index (χ1) is 9.46. The molecule has 1 unspecified atom stereocenters. The van der Waals surface area contributed by atoms with Crippen molar-refractivity contribution in [3.63, 3.8) is 0 Å².